The number of amides is 3. The number of rotatable bonds is 12. The number of carboxylic acids is 1. The molecule has 6 N–H and O–H groups in total. The highest BCUT2D eigenvalue weighted by Gasteiger charge is 2.27. The fraction of sp³-hybridized carbons (Fsp3) is 0.750. The van der Waals surface area contributed by atoms with Gasteiger partial charge < -0.3 is 26.8 Å². The minimum Gasteiger partial charge on any atom is -0.480 e. The van der Waals surface area contributed by atoms with Crippen molar-refractivity contribution < 1.29 is 24.3 Å². The molecular formula is C16H30N4O5S. The molecule has 0 bridgehead atoms. The molecule has 0 spiro atoms. The van der Waals surface area contributed by atoms with E-state index in [1.54, 1.807) is 0 Å². The van der Waals surface area contributed by atoms with Crippen LogP contribution in [0.5, 0.6) is 0 Å². The summed E-state index contributed by atoms with van der Waals surface area (Å²) in [7, 11) is 0. The molecule has 0 rings (SSSR count). The highest BCUT2D eigenvalue weighted by molar-refractivity contribution is 7.98. The van der Waals surface area contributed by atoms with Crippen LogP contribution in [0.4, 0.5) is 0 Å². The van der Waals surface area contributed by atoms with Crippen molar-refractivity contribution in [1.29, 1.82) is 0 Å². The van der Waals surface area contributed by atoms with Crippen molar-refractivity contribution in [2.24, 2.45) is 11.7 Å². The Balaban J connectivity index is 5.08. The van der Waals surface area contributed by atoms with E-state index in [1.807, 2.05) is 20.1 Å². The molecule has 3 atom stereocenters. The van der Waals surface area contributed by atoms with E-state index in [4.69, 9.17) is 10.8 Å². The number of aliphatic carboxylic acids is 1. The molecule has 26 heavy (non-hydrogen) atoms. The number of carboxylic acid groups (broad SMARTS) is 1. The molecule has 10 heteroatoms. The number of carbonyl (C=O) groups excluding carboxylic acids is 3. The zero-order valence-corrected chi connectivity index (χ0v) is 16.5. The van der Waals surface area contributed by atoms with E-state index in [1.165, 1.54) is 18.7 Å². The fourth-order valence-electron chi connectivity index (χ4n) is 2.07. The van der Waals surface area contributed by atoms with Crippen molar-refractivity contribution in [2.75, 3.05) is 18.6 Å². The first-order chi connectivity index (χ1) is 12.1. The van der Waals surface area contributed by atoms with E-state index in [0.717, 1.165) is 0 Å². The van der Waals surface area contributed by atoms with Gasteiger partial charge in [0, 0.05) is 0 Å². The SMILES string of the molecule is CSCCC(NC(=O)C(C)N)C(=O)NC(CC(C)C)C(=O)NCC(=O)O. The minimum absolute atomic E-state index is 0.0965. The first kappa shape index (κ1) is 24.2. The average molecular weight is 391 g/mol. The van der Waals surface area contributed by atoms with E-state index in [2.05, 4.69) is 16.0 Å². The van der Waals surface area contributed by atoms with Crippen molar-refractivity contribution in [3.63, 3.8) is 0 Å². The minimum atomic E-state index is -1.17. The molecule has 0 aliphatic rings. The predicted molar refractivity (Wildman–Crippen MR) is 101 cm³/mol. The van der Waals surface area contributed by atoms with Crippen LogP contribution in [0.1, 0.15) is 33.6 Å². The lowest BCUT2D eigenvalue weighted by Gasteiger charge is -2.24. The highest BCUT2D eigenvalue weighted by Crippen LogP contribution is 2.07. The largest absolute Gasteiger partial charge is 0.480 e. The first-order valence-corrected chi connectivity index (χ1v) is 9.82. The van der Waals surface area contributed by atoms with Crippen LogP contribution in [0, 0.1) is 5.92 Å². The molecule has 0 radical (unpaired) electrons. The summed E-state index contributed by atoms with van der Waals surface area (Å²) in [4.78, 5) is 47.2. The Hall–Kier alpha value is -1.81. The summed E-state index contributed by atoms with van der Waals surface area (Å²) in [5.74, 6) is -1.96. The molecule has 0 aromatic carbocycles. The maximum Gasteiger partial charge on any atom is 0.322 e. The molecule has 0 aromatic rings. The summed E-state index contributed by atoms with van der Waals surface area (Å²) in [6.45, 7) is 4.75. The smallest absolute Gasteiger partial charge is 0.322 e. The van der Waals surface area contributed by atoms with Gasteiger partial charge in [0.2, 0.25) is 17.7 Å². The van der Waals surface area contributed by atoms with Crippen molar-refractivity contribution in [3.05, 3.63) is 0 Å². The lowest BCUT2D eigenvalue weighted by Crippen LogP contribution is -2.56. The number of hydrogen-bond donors (Lipinski definition) is 5. The zero-order valence-electron chi connectivity index (χ0n) is 15.7. The summed E-state index contributed by atoms with van der Waals surface area (Å²) in [5.41, 5.74) is 5.53. The van der Waals surface area contributed by atoms with Crippen LogP contribution < -0.4 is 21.7 Å². The van der Waals surface area contributed by atoms with Crippen LogP contribution >= 0.6 is 11.8 Å². The second kappa shape index (κ2) is 12.5. The second-order valence-corrected chi connectivity index (χ2v) is 7.42. The van der Waals surface area contributed by atoms with Gasteiger partial charge >= 0.3 is 5.97 Å². The number of nitrogens with one attached hydrogen (secondary N) is 3. The Morgan fingerprint density at radius 1 is 1.00 bits per heavy atom. The topological polar surface area (TPSA) is 151 Å². The molecule has 150 valence electrons. The summed E-state index contributed by atoms with van der Waals surface area (Å²) >= 11 is 1.52. The lowest BCUT2D eigenvalue weighted by atomic mass is 10.0. The molecule has 0 fully saturated rings. The Bertz CT molecular complexity index is 499. The third-order valence-corrected chi connectivity index (χ3v) is 4.06. The van der Waals surface area contributed by atoms with Gasteiger partial charge in [-0.25, -0.2) is 0 Å². The Labute approximate surface area is 158 Å². The van der Waals surface area contributed by atoms with Gasteiger partial charge in [0.1, 0.15) is 18.6 Å². The second-order valence-electron chi connectivity index (χ2n) is 6.43. The van der Waals surface area contributed by atoms with Gasteiger partial charge in [-0.3, -0.25) is 19.2 Å². The van der Waals surface area contributed by atoms with Crippen LogP contribution in [0.25, 0.3) is 0 Å². The zero-order chi connectivity index (χ0) is 20.3. The lowest BCUT2D eigenvalue weighted by molar-refractivity contribution is -0.138. The Morgan fingerprint density at radius 2 is 1.58 bits per heavy atom. The monoisotopic (exact) mass is 390 g/mol. The Kier molecular flexibility index (Phi) is 11.7. The summed E-state index contributed by atoms with van der Waals surface area (Å²) < 4.78 is 0. The molecule has 0 aromatic heterocycles. The van der Waals surface area contributed by atoms with Crippen LogP contribution in [0.15, 0.2) is 0 Å². The standard InChI is InChI=1S/C16H30N4O5S/c1-9(2)7-12(15(24)18-8-13(21)22)20-16(25)11(5-6-26-4)19-14(23)10(3)17/h9-12H,5-8,17H2,1-4H3,(H,18,24)(H,19,23)(H,20,25)(H,21,22). The van der Waals surface area contributed by atoms with E-state index in [-0.39, 0.29) is 5.92 Å². The molecule has 3 unspecified atom stereocenters. The van der Waals surface area contributed by atoms with E-state index in [9.17, 15) is 19.2 Å². The molecule has 0 saturated carbocycles. The van der Waals surface area contributed by atoms with Gasteiger partial charge in [-0.05, 0) is 37.7 Å². The summed E-state index contributed by atoms with van der Waals surface area (Å²) in [5, 5.41) is 16.2. The van der Waals surface area contributed by atoms with Gasteiger partial charge in [0.05, 0.1) is 6.04 Å². The number of carbonyl (C=O) groups is 4. The van der Waals surface area contributed by atoms with Gasteiger partial charge in [0.15, 0.2) is 0 Å². The number of hydrogen-bond acceptors (Lipinski definition) is 6. The maximum atomic E-state index is 12.6. The van der Waals surface area contributed by atoms with Gasteiger partial charge in [0.25, 0.3) is 0 Å². The van der Waals surface area contributed by atoms with Crippen LogP contribution in [-0.2, 0) is 19.2 Å². The van der Waals surface area contributed by atoms with Crippen molar-refractivity contribution in [3.8, 4) is 0 Å². The van der Waals surface area contributed by atoms with E-state index >= 15 is 0 Å². The normalized spacial score (nSPS) is 14.2. The number of thioether (sulfide) groups is 1. The third kappa shape index (κ3) is 10.2. The first-order valence-electron chi connectivity index (χ1n) is 8.43. The Morgan fingerprint density at radius 3 is 2.04 bits per heavy atom. The van der Waals surface area contributed by atoms with Crippen LogP contribution in [-0.4, -0.2) is 65.5 Å². The van der Waals surface area contributed by atoms with Gasteiger partial charge in [-0.2, -0.15) is 11.8 Å². The van der Waals surface area contributed by atoms with Crippen LogP contribution in [0.3, 0.4) is 0 Å². The average Bonchev–Trinajstić information content (AvgIpc) is 2.54. The molecular weight excluding hydrogens is 360 g/mol. The molecule has 9 nitrogen and oxygen atoms in total. The fourth-order valence-corrected chi connectivity index (χ4v) is 2.54. The van der Waals surface area contributed by atoms with E-state index in [0.29, 0.717) is 18.6 Å². The summed E-state index contributed by atoms with van der Waals surface area (Å²) in [6.07, 6.45) is 2.60. The van der Waals surface area contributed by atoms with Crippen molar-refractivity contribution in [2.45, 2.75) is 51.7 Å². The van der Waals surface area contributed by atoms with Crippen LogP contribution in [0.2, 0.25) is 0 Å². The molecule has 0 heterocycles. The van der Waals surface area contributed by atoms with E-state index < -0.39 is 48.4 Å². The summed E-state index contributed by atoms with van der Waals surface area (Å²) in [6, 6.07) is -2.46. The maximum absolute atomic E-state index is 12.6. The van der Waals surface area contributed by atoms with Crippen molar-refractivity contribution >= 4 is 35.5 Å². The quantitative estimate of drug-likeness (QED) is 0.296. The number of nitrogens with two attached hydrogens (primary N) is 1. The van der Waals surface area contributed by atoms with Gasteiger partial charge in [-0.15, -0.1) is 0 Å². The molecule has 0 saturated heterocycles. The predicted octanol–water partition coefficient (Wildman–Crippen LogP) is -0.697. The molecule has 0 aliphatic heterocycles. The van der Waals surface area contributed by atoms with Crippen molar-refractivity contribution in [1.82, 2.24) is 16.0 Å². The molecule has 3 amide bonds. The highest BCUT2D eigenvalue weighted by atomic mass is 32.2. The van der Waals surface area contributed by atoms with Gasteiger partial charge in [-0.1, -0.05) is 13.8 Å². The third-order valence-electron chi connectivity index (χ3n) is 3.41. The molecule has 0 aliphatic carbocycles.